The van der Waals surface area contributed by atoms with Gasteiger partial charge in [0.05, 0.1) is 11.0 Å². The number of rotatable bonds is 5. The molecule has 0 saturated heterocycles. The number of nitro groups is 1. The number of aromatic nitrogens is 1. The summed E-state index contributed by atoms with van der Waals surface area (Å²) in [6, 6.07) is 3.14. The second kappa shape index (κ2) is 6.13. The van der Waals surface area contributed by atoms with Crippen molar-refractivity contribution in [1.29, 1.82) is 0 Å². The first-order valence-corrected chi connectivity index (χ1v) is 6.95. The van der Waals surface area contributed by atoms with E-state index in [1.165, 1.54) is 23.5 Å². The summed E-state index contributed by atoms with van der Waals surface area (Å²) in [5.74, 6) is 0. The first kappa shape index (κ1) is 15.3. The SMILES string of the molecule is Cc1cnc(C(C)Nc2ccc([N+](=O)[O-])cc2C(F)F)s1. The molecule has 1 unspecified atom stereocenters. The van der Waals surface area contributed by atoms with Crippen molar-refractivity contribution < 1.29 is 13.7 Å². The Morgan fingerprint density at radius 1 is 1.43 bits per heavy atom. The van der Waals surface area contributed by atoms with Crippen LogP contribution in [0.1, 0.15) is 34.8 Å². The number of aryl methyl sites for hydroxylation is 1. The van der Waals surface area contributed by atoms with Gasteiger partial charge in [0.15, 0.2) is 0 Å². The van der Waals surface area contributed by atoms with Crippen molar-refractivity contribution in [3.8, 4) is 0 Å². The van der Waals surface area contributed by atoms with Crippen molar-refractivity contribution in [3.63, 3.8) is 0 Å². The molecule has 1 heterocycles. The Morgan fingerprint density at radius 2 is 2.14 bits per heavy atom. The molecule has 0 amide bonds. The van der Waals surface area contributed by atoms with Crippen LogP contribution in [0.15, 0.2) is 24.4 Å². The zero-order chi connectivity index (χ0) is 15.6. The molecule has 0 bridgehead atoms. The molecule has 0 aliphatic heterocycles. The number of anilines is 1. The molecule has 0 saturated carbocycles. The average Bonchev–Trinajstić information content (AvgIpc) is 2.85. The average molecular weight is 313 g/mol. The van der Waals surface area contributed by atoms with Crippen LogP contribution in [0.4, 0.5) is 20.2 Å². The number of non-ortho nitro benzene ring substituents is 1. The maximum absolute atomic E-state index is 13.1. The minimum absolute atomic E-state index is 0.177. The number of benzene rings is 1. The lowest BCUT2D eigenvalue weighted by molar-refractivity contribution is -0.385. The van der Waals surface area contributed by atoms with Gasteiger partial charge in [0, 0.05) is 34.5 Å². The summed E-state index contributed by atoms with van der Waals surface area (Å²) < 4.78 is 26.1. The van der Waals surface area contributed by atoms with Crippen LogP contribution < -0.4 is 5.32 Å². The fourth-order valence-electron chi connectivity index (χ4n) is 1.84. The number of nitrogens with one attached hydrogen (secondary N) is 1. The van der Waals surface area contributed by atoms with Gasteiger partial charge in [-0.3, -0.25) is 10.1 Å². The maximum atomic E-state index is 13.1. The molecular formula is C13H13F2N3O2S. The van der Waals surface area contributed by atoms with Crippen LogP contribution in [-0.4, -0.2) is 9.91 Å². The third kappa shape index (κ3) is 3.52. The van der Waals surface area contributed by atoms with Gasteiger partial charge in [-0.25, -0.2) is 13.8 Å². The standard InChI is InChI=1S/C13H13F2N3O2S/c1-7-6-16-13(21-7)8(2)17-11-4-3-9(18(19)20)5-10(11)12(14)15/h3-6,8,12,17H,1-2H3. The summed E-state index contributed by atoms with van der Waals surface area (Å²) in [5, 5.41) is 14.4. The number of alkyl halides is 2. The van der Waals surface area contributed by atoms with Gasteiger partial charge in [0.1, 0.15) is 5.01 Å². The van der Waals surface area contributed by atoms with Crippen LogP contribution >= 0.6 is 11.3 Å². The van der Waals surface area contributed by atoms with E-state index in [1.54, 1.807) is 13.1 Å². The van der Waals surface area contributed by atoms with Crippen LogP contribution in [0.2, 0.25) is 0 Å². The van der Waals surface area contributed by atoms with Gasteiger partial charge in [-0.15, -0.1) is 11.3 Å². The predicted octanol–water partition coefficient (Wildman–Crippen LogP) is 4.47. The predicted molar refractivity (Wildman–Crippen MR) is 76.9 cm³/mol. The molecule has 1 N–H and O–H groups in total. The molecule has 0 aliphatic rings. The van der Waals surface area contributed by atoms with Crippen LogP contribution in [0, 0.1) is 17.0 Å². The largest absolute Gasteiger partial charge is 0.376 e. The van der Waals surface area contributed by atoms with E-state index in [4.69, 9.17) is 0 Å². The molecule has 21 heavy (non-hydrogen) atoms. The fraction of sp³-hybridized carbons (Fsp3) is 0.308. The molecule has 112 valence electrons. The summed E-state index contributed by atoms with van der Waals surface area (Å²) in [7, 11) is 0. The van der Waals surface area contributed by atoms with Crippen molar-refractivity contribution in [3.05, 3.63) is 50.0 Å². The molecular weight excluding hydrogens is 300 g/mol. The Bertz CT molecular complexity index is 661. The molecule has 2 aromatic rings. The maximum Gasteiger partial charge on any atom is 0.270 e. The second-order valence-electron chi connectivity index (χ2n) is 4.50. The Morgan fingerprint density at radius 3 is 2.67 bits per heavy atom. The van der Waals surface area contributed by atoms with Gasteiger partial charge >= 0.3 is 0 Å². The van der Waals surface area contributed by atoms with E-state index in [1.807, 2.05) is 6.92 Å². The molecule has 1 atom stereocenters. The van der Waals surface area contributed by atoms with Crippen LogP contribution in [0.5, 0.6) is 0 Å². The van der Waals surface area contributed by atoms with Crippen LogP contribution in [0.25, 0.3) is 0 Å². The van der Waals surface area contributed by atoms with E-state index >= 15 is 0 Å². The van der Waals surface area contributed by atoms with Gasteiger partial charge < -0.3 is 5.32 Å². The van der Waals surface area contributed by atoms with Crippen LogP contribution in [-0.2, 0) is 0 Å². The summed E-state index contributed by atoms with van der Waals surface area (Å²) in [6.07, 6.45) is -1.08. The third-order valence-corrected chi connectivity index (χ3v) is 3.96. The smallest absolute Gasteiger partial charge is 0.270 e. The lowest BCUT2D eigenvalue weighted by Gasteiger charge is -2.16. The minimum Gasteiger partial charge on any atom is -0.376 e. The number of halogens is 2. The van der Waals surface area contributed by atoms with Crippen molar-refractivity contribution >= 4 is 22.7 Å². The van der Waals surface area contributed by atoms with Gasteiger partial charge in [-0.05, 0) is 19.9 Å². The first-order valence-electron chi connectivity index (χ1n) is 6.14. The highest BCUT2D eigenvalue weighted by Crippen LogP contribution is 2.33. The molecule has 2 rings (SSSR count). The third-order valence-electron chi connectivity index (χ3n) is 2.86. The molecule has 0 radical (unpaired) electrons. The van der Waals surface area contributed by atoms with E-state index in [9.17, 15) is 18.9 Å². The zero-order valence-electron chi connectivity index (χ0n) is 11.3. The van der Waals surface area contributed by atoms with Crippen LogP contribution in [0.3, 0.4) is 0 Å². The van der Waals surface area contributed by atoms with Crippen molar-refractivity contribution in [2.45, 2.75) is 26.3 Å². The highest BCUT2D eigenvalue weighted by molar-refractivity contribution is 7.11. The molecule has 1 aromatic heterocycles. The van der Waals surface area contributed by atoms with E-state index in [0.717, 1.165) is 16.0 Å². The van der Waals surface area contributed by atoms with Crippen molar-refractivity contribution in [2.75, 3.05) is 5.32 Å². The lowest BCUT2D eigenvalue weighted by Crippen LogP contribution is -2.08. The van der Waals surface area contributed by atoms with Gasteiger partial charge in [0.25, 0.3) is 12.1 Å². The number of hydrogen-bond acceptors (Lipinski definition) is 5. The molecule has 0 aliphatic carbocycles. The van der Waals surface area contributed by atoms with Crippen molar-refractivity contribution in [2.24, 2.45) is 0 Å². The number of hydrogen-bond donors (Lipinski definition) is 1. The second-order valence-corrected chi connectivity index (χ2v) is 5.77. The quantitative estimate of drug-likeness (QED) is 0.653. The van der Waals surface area contributed by atoms with Gasteiger partial charge in [-0.2, -0.15) is 0 Å². The number of nitrogens with zero attached hydrogens (tertiary/aromatic N) is 2. The topological polar surface area (TPSA) is 68.1 Å². The molecule has 1 aromatic carbocycles. The minimum atomic E-state index is -2.79. The Balaban J connectivity index is 2.28. The number of thiazole rings is 1. The normalized spacial score (nSPS) is 12.4. The highest BCUT2D eigenvalue weighted by atomic mass is 32.1. The Kier molecular flexibility index (Phi) is 4.46. The van der Waals surface area contributed by atoms with E-state index in [2.05, 4.69) is 10.3 Å². The Labute approximate surface area is 123 Å². The first-order chi connectivity index (χ1) is 9.88. The van der Waals surface area contributed by atoms with E-state index in [-0.39, 0.29) is 23.0 Å². The zero-order valence-corrected chi connectivity index (χ0v) is 12.2. The van der Waals surface area contributed by atoms with Gasteiger partial charge in [-0.1, -0.05) is 0 Å². The molecule has 8 heteroatoms. The Hall–Kier alpha value is -2.09. The van der Waals surface area contributed by atoms with E-state index < -0.39 is 11.3 Å². The summed E-state index contributed by atoms with van der Waals surface area (Å²) in [6.45, 7) is 3.71. The lowest BCUT2D eigenvalue weighted by atomic mass is 10.1. The van der Waals surface area contributed by atoms with Gasteiger partial charge in [0.2, 0.25) is 0 Å². The fourth-order valence-corrected chi connectivity index (χ4v) is 2.62. The summed E-state index contributed by atoms with van der Waals surface area (Å²) in [4.78, 5) is 15.2. The number of nitro benzene ring substituents is 1. The van der Waals surface area contributed by atoms with E-state index in [0.29, 0.717) is 0 Å². The summed E-state index contributed by atoms with van der Waals surface area (Å²) >= 11 is 1.47. The molecule has 0 fully saturated rings. The molecule has 0 spiro atoms. The molecule has 5 nitrogen and oxygen atoms in total. The summed E-state index contributed by atoms with van der Waals surface area (Å²) in [5.41, 5.74) is -0.561. The van der Waals surface area contributed by atoms with Crippen molar-refractivity contribution in [1.82, 2.24) is 4.98 Å². The monoisotopic (exact) mass is 313 g/mol. The highest BCUT2D eigenvalue weighted by Gasteiger charge is 2.20.